The molecule has 0 unspecified atom stereocenters. The Morgan fingerprint density at radius 3 is 2.52 bits per heavy atom. The van der Waals surface area contributed by atoms with E-state index in [1.54, 1.807) is 0 Å². The lowest BCUT2D eigenvalue weighted by Gasteiger charge is -2.28. The zero-order valence-electron chi connectivity index (χ0n) is 12.7. The number of amides is 1. The van der Waals surface area contributed by atoms with Crippen molar-refractivity contribution in [1.29, 1.82) is 0 Å². The van der Waals surface area contributed by atoms with Gasteiger partial charge in [0.25, 0.3) is 0 Å². The zero-order valence-corrected chi connectivity index (χ0v) is 13.4. The van der Waals surface area contributed by atoms with E-state index in [1.165, 1.54) is 12.4 Å². The minimum absolute atomic E-state index is 0.0478. The summed E-state index contributed by atoms with van der Waals surface area (Å²) in [5.41, 5.74) is 0. The lowest BCUT2D eigenvalue weighted by molar-refractivity contribution is -0.122. The molecule has 1 amide bonds. The van der Waals surface area contributed by atoms with Gasteiger partial charge in [0.15, 0.2) is 0 Å². The van der Waals surface area contributed by atoms with Crippen molar-refractivity contribution in [1.82, 2.24) is 19.9 Å². The average Bonchev–Trinajstić information content (AvgIpc) is 3.04. The van der Waals surface area contributed by atoms with Crippen LogP contribution in [0.3, 0.4) is 0 Å². The first-order valence-electron chi connectivity index (χ1n) is 7.73. The maximum absolute atomic E-state index is 12.0. The number of hydrogen-bond acceptors (Lipinski definition) is 4. The molecule has 0 saturated heterocycles. The molecule has 7 heteroatoms. The van der Waals surface area contributed by atoms with Crippen LogP contribution in [0.25, 0.3) is 0 Å². The Hall–Kier alpha value is -2.08. The molecule has 3 rings (SSSR count). The summed E-state index contributed by atoms with van der Waals surface area (Å²) < 4.78 is 7.61. The van der Waals surface area contributed by atoms with E-state index >= 15 is 0 Å². The van der Waals surface area contributed by atoms with Crippen LogP contribution in [0.5, 0.6) is 6.01 Å². The van der Waals surface area contributed by atoms with Crippen molar-refractivity contribution >= 4 is 17.5 Å². The standard InChI is InChI=1S/C16H19ClN4O2/c17-12-9-18-16(19-10-12)23-14-5-3-13(4-6-14)20-15(22)11-21-7-1-2-8-21/h1-2,7-10,13-14H,3-6,11H2,(H,20,22). The second-order valence-corrected chi connectivity index (χ2v) is 6.13. The molecule has 0 radical (unpaired) electrons. The minimum Gasteiger partial charge on any atom is -0.460 e. The molecule has 1 aliphatic carbocycles. The van der Waals surface area contributed by atoms with Crippen molar-refractivity contribution in [3.63, 3.8) is 0 Å². The van der Waals surface area contributed by atoms with Gasteiger partial charge < -0.3 is 14.6 Å². The number of carbonyl (C=O) groups excluding carboxylic acids is 1. The van der Waals surface area contributed by atoms with Gasteiger partial charge in [-0.15, -0.1) is 0 Å². The van der Waals surface area contributed by atoms with Crippen molar-refractivity contribution < 1.29 is 9.53 Å². The average molecular weight is 335 g/mol. The molecule has 1 N–H and O–H groups in total. The highest BCUT2D eigenvalue weighted by molar-refractivity contribution is 6.30. The van der Waals surface area contributed by atoms with Crippen molar-refractivity contribution in [2.75, 3.05) is 0 Å². The first-order chi connectivity index (χ1) is 11.2. The Morgan fingerprint density at radius 1 is 1.22 bits per heavy atom. The molecule has 23 heavy (non-hydrogen) atoms. The van der Waals surface area contributed by atoms with E-state index in [9.17, 15) is 4.79 Å². The van der Waals surface area contributed by atoms with Gasteiger partial charge in [0, 0.05) is 18.4 Å². The lowest BCUT2D eigenvalue weighted by Crippen LogP contribution is -2.41. The third kappa shape index (κ3) is 4.69. The van der Waals surface area contributed by atoms with Gasteiger partial charge in [0.05, 0.1) is 17.4 Å². The molecule has 2 aromatic rings. The summed E-state index contributed by atoms with van der Waals surface area (Å²) in [6.45, 7) is 0.363. The van der Waals surface area contributed by atoms with Gasteiger partial charge in [0.1, 0.15) is 12.6 Å². The first-order valence-corrected chi connectivity index (χ1v) is 8.11. The lowest BCUT2D eigenvalue weighted by atomic mass is 9.93. The molecule has 2 aromatic heterocycles. The van der Waals surface area contributed by atoms with E-state index in [0.29, 0.717) is 17.6 Å². The molecule has 0 spiro atoms. The normalized spacial score (nSPS) is 20.9. The van der Waals surface area contributed by atoms with Gasteiger partial charge >= 0.3 is 6.01 Å². The monoisotopic (exact) mass is 334 g/mol. The van der Waals surface area contributed by atoms with Gasteiger partial charge in [-0.2, -0.15) is 0 Å². The zero-order chi connectivity index (χ0) is 16.1. The predicted molar refractivity (Wildman–Crippen MR) is 86.3 cm³/mol. The van der Waals surface area contributed by atoms with Gasteiger partial charge in [-0.1, -0.05) is 11.6 Å². The molecule has 0 bridgehead atoms. The van der Waals surface area contributed by atoms with Gasteiger partial charge in [-0.05, 0) is 37.8 Å². The third-order valence-corrected chi connectivity index (χ3v) is 4.10. The molecular formula is C16H19ClN4O2. The fourth-order valence-electron chi connectivity index (χ4n) is 2.75. The summed E-state index contributed by atoms with van der Waals surface area (Å²) >= 11 is 5.75. The van der Waals surface area contributed by atoms with Crippen LogP contribution in [-0.4, -0.2) is 32.6 Å². The van der Waals surface area contributed by atoms with Crippen LogP contribution < -0.4 is 10.1 Å². The van der Waals surface area contributed by atoms with E-state index in [-0.39, 0.29) is 18.1 Å². The van der Waals surface area contributed by atoms with Crippen LogP contribution >= 0.6 is 11.6 Å². The van der Waals surface area contributed by atoms with Crippen molar-refractivity contribution in [3.05, 3.63) is 41.9 Å². The highest BCUT2D eigenvalue weighted by Gasteiger charge is 2.24. The second-order valence-electron chi connectivity index (χ2n) is 5.70. The molecule has 1 fully saturated rings. The summed E-state index contributed by atoms with van der Waals surface area (Å²) in [5.74, 6) is 0.0478. The first kappa shape index (κ1) is 15.8. The van der Waals surface area contributed by atoms with Crippen LogP contribution in [0.15, 0.2) is 36.9 Å². The van der Waals surface area contributed by atoms with Crippen LogP contribution in [0, 0.1) is 0 Å². The Kier molecular flexibility index (Phi) is 5.12. The maximum Gasteiger partial charge on any atom is 0.316 e. The summed E-state index contributed by atoms with van der Waals surface area (Å²) in [7, 11) is 0. The quantitative estimate of drug-likeness (QED) is 0.911. The van der Waals surface area contributed by atoms with E-state index in [2.05, 4.69) is 15.3 Å². The molecule has 0 aromatic carbocycles. The van der Waals surface area contributed by atoms with Gasteiger partial charge in [0.2, 0.25) is 5.91 Å². The SMILES string of the molecule is O=C(Cn1cccc1)NC1CCC(Oc2ncc(Cl)cn2)CC1. The molecule has 122 valence electrons. The number of rotatable bonds is 5. The number of carbonyl (C=O) groups is 1. The molecular weight excluding hydrogens is 316 g/mol. The summed E-state index contributed by atoms with van der Waals surface area (Å²) in [4.78, 5) is 20.1. The fourth-order valence-corrected chi connectivity index (χ4v) is 2.85. The topological polar surface area (TPSA) is 69.0 Å². The Balaban J connectivity index is 1.41. The van der Waals surface area contributed by atoms with E-state index in [1.807, 2.05) is 29.1 Å². The van der Waals surface area contributed by atoms with Crippen molar-refractivity contribution in [2.24, 2.45) is 0 Å². The molecule has 1 saturated carbocycles. The number of nitrogens with one attached hydrogen (secondary N) is 1. The number of hydrogen-bond donors (Lipinski definition) is 1. The Labute approximate surface area is 139 Å². The number of halogens is 1. The summed E-state index contributed by atoms with van der Waals surface area (Å²) in [6.07, 6.45) is 10.5. The van der Waals surface area contributed by atoms with Crippen molar-refractivity contribution in [2.45, 2.75) is 44.4 Å². The highest BCUT2D eigenvalue weighted by Crippen LogP contribution is 2.22. The van der Waals surface area contributed by atoms with Crippen molar-refractivity contribution in [3.8, 4) is 6.01 Å². The smallest absolute Gasteiger partial charge is 0.316 e. The van der Waals surface area contributed by atoms with Gasteiger partial charge in [-0.3, -0.25) is 4.79 Å². The molecule has 0 atom stereocenters. The summed E-state index contributed by atoms with van der Waals surface area (Å²) in [6, 6.07) is 4.39. The van der Waals surface area contributed by atoms with E-state index < -0.39 is 0 Å². The Bertz CT molecular complexity index is 622. The number of ether oxygens (including phenoxy) is 1. The molecule has 6 nitrogen and oxygen atoms in total. The van der Waals surface area contributed by atoms with Crippen LogP contribution in [0.1, 0.15) is 25.7 Å². The predicted octanol–water partition coefficient (Wildman–Crippen LogP) is 2.44. The third-order valence-electron chi connectivity index (χ3n) is 3.90. The summed E-state index contributed by atoms with van der Waals surface area (Å²) in [5, 5.41) is 3.58. The molecule has 1 aliphatic rings. The van der Waals surface area contributed by atoms with Gasteiger partial charge in [-0.25, -0.2) is 9.97 Å². The molecule has 2 heterocycles. The van der Waals surface area contributed by atoms with Crippen LogP contribution in [0.4, 0.5) is 0 Å². The van der Waals surface area contributed by atoms with Crippen LogP contribution in [0.2, 0.25) is 5.02 Å². The fraction of sp³-hybridized carbons (Fsp3) is 0.438. The minimum atomic E-state index is 0.0478. The van der Waals surface area contributed by atoms with E-state index in [0.717, 1.165) is 25.7 Å². The van der Waals surface area contributed by atoms with Crippen LogP contribution in [-0.2, 0) is 11.3 Å². The number of nitrogens with zero attached hydrogens (tertiary/aromatic N) is 3. The number of aromatic nitrogens is 3. The highest BCUT2D eigenvalue weighted by atomic mass is 35.5. The molecule has 0 aliphatic heterocycles. The second kappa shape index (κ2) is 7.46. The maximum atomic E-state index is 12.0. The Morgan fingerprint density at radius 2 is 1.87 bits per heavy atom. The largest absolute Gasteiger partial charge is 0.460 e. The van der Waals surface area contributed by atoms with E-state index in [4.69, 9.17) is 16.3 Å².